The van der Waals surface area contributed by atoms with E-state index >= 15 is 0 Å². The van der Waals surface area contributed by atoms with E-state index in [1.807, 2.05) is 27.7 Å². The SMILES string of the molecule is CCC(NC(=O)NC(C)C(C)(C)C)C(=O)O. The Morgan fingerprint density at radius 1 is 1.25 bits per heavy atom. The van der Waals surface area contributed by atoms with Crippen molar-refractivity contribution in [2.24, 2.45) is 5.41 Å². The van der Waals surface area contributed by atoms with Crippen molar-refractivity contribution in [3.63, 3.8) is 0 Å². The molecule has 0 rings (SSSR count). The summed E-state index contributed by atoms with van der Waals surface area (Å²) < 4.78 is 0. The molecule has 0 radical (unpaired) electrons. The third kappa shape index (κ3) is 5.00. The molecule has 0 aliphatic rings. The zero-order chi connectivity index (χ0) is 12.9. The van der Waals surface area contributed by atoms with Gasteiger partial charge in [0.2, 0.25) is 0 Å². The van der Waals surface area contributed by atoms with Crippen LogP contribution in [0.4, 0.5) is 4.79 Å². The summed E-state index contributed by atoms with van der Waals surface area (Å²) in [6.45, 7) is 9.62. The average Bonchev–Trinajstić information content (AvgIpc) is 2.11. The van der Waals surface area contributed by atoms with Crippen LogP contribution in [0.3, 0.4) is 0 Å². The minimum atomic E-state index is -1.01. The van der Waals surface area contributed by atoms with Gasteiger partial charge in [-0.2, -0.15) is 0 Å². The first-order chi connectivity index (χ1) is 7.18. The second kappa shape index (κ2) is 5.72. The van der Waals surface area contributed by atoms with Crippen molar-refractivity contribution in [3.05, 3.63) is 0 Å². The molecule has 0 saturated carbocycles. The van der Waals surface area contributed by atoms with Crippen LogP contribution in [0, 0.1) is 5.41 Å². The molecule has 94 valence electrons. The second-order valence-electron chi connectivity index (χ2n) is 5.00. The highest BCUT2D eigenvalue weighted by atomic mass is 16.4. The van der Waals surface area contributed by atoms with Gasteiger partial charge in [-0.25, -0.2) is 9.59 Å². The fourth-order valence-electron chi connectivity index (χ4n) is 0.951. The quantitative estimate of drug-likeness (QED) is 0.686. The molecule has 0 aromatic rings. The molecule has 0 aromatic carbocycles. The monoisotopic (exact) mass is 230 g/mol. The summed E-state index contributed by atoms with van der Waals surface area (Å²) in [5, 5.41) is 13.9. The predicted octanol–water partition coefficient (Wildman–Crippen LogP) is 1.58. The Balaban J connectivity index is 4.23. The number of carbonyl (C=O) groups excluding carboxylic acids is 1. The van der Waals surface area contributed by atoms with Gasteiger partial charge in [0.1, 0.15) is 6.04 Å². The highest BCUT2D eigenvalue weighted by Crippen LogP contribution is 2.18. The Morgan fingerprint density at radius 2 is 1.75 bits per heavy atom. The molecule has 0 bridgehead atoms. The Kier molecular flexibility index (Phi) is 5.27. The number of nitrogens with one attached hydrogen (secondary N) is 2. The van der Waals surface area contributed by atoms with E-state index in [4.69, 9.17) is 5.11 Å². The maximum absolute atomic E-state index is 11.5. The van der Waals surface area contributed by atoms with Crippen LogP contribution in [-0.4, -0.2) is 29.2 Å². The first-order valence-electron chi connectivity index (χ1n) is 5.48. The number of hydrogen-bond donors (Lipinski definition) is 3. The molecule has 2 atom stereocenters. The summed E-state index contributed by atoms with van der Waals surface area (Å²) in [5.41, 5.74) is -0.0533. The van der Waals surface area contributed by atoms with Crippen LogP contribution in [0.15, 0.2) is 0 Å². The summed E-state index contributed by atoms with van der Waals surface area (Å²) in [5.74, 6) is -1.01. The molecule has 16 heavy (non-hydrogen) atoms. The Morgan fingerprint density at radius 3 is 2.06 bits per heavy atom. The standard InChI is InChI=1S/C11H22N2O3/c1-6-8(9(14)15)13-10(16)12-7(2)11(3,4)5/h7-8H,6H2,1-5H3,(H,14,15)(H2,12,13,16). The molecule has 0 aromatic heterocycles. The molecular formula is C11H22N2O3. The van der Waals surface area contributed by atoms with Gasteiger partial charge in [-0.05, 0) is 18.8 Å². The number of aliphatic carboxylic acids is 1. The van der Waals surface area contributed by atoms with Crippen molar-refractivity contribution >= 4 is 12.0 Å². The van der Waals surface area contributed by atoms with Gasteiger partial charge >= 0.3 is 12.0 Å². The summed E-state index contributed by atoms with van der Waals surface area (Å²) in [4.78, 5) is 22.2. The maximum atomic E-state index is 11.5. The predicted molar refractivity (Wildman–Crippen MR) is 62.3 cm³/mol. The van der Waals surface area contributed by atoms with Gasteiger partial charge in [-0.3, -0.25) is 0 Å². The maximum Gasteiger partial charge on any atom is 0.326 e. The van der Waals surface area contributed by atoms with Gasteiger partial charge in [0.25, 0.3) is 0 Å². The molecule has 3 N–H and O–H groups in total. The summed E-state index contributed by atoms with van der Waals surface area (Å²) in [7, 11) is 0. The van der Waals surface area contributed by atoms with Crippen LogP contribution in [0.2, 0.25) is 0 Å². The second-order valence-corrected chi connectivity index (χ2v) is 5.00. The number of rotatable bonds is 4. The third-order valence-electron chi connectivity index (χ3n) is 2.66. The zero-order valence-electron chi connectivity index (χ0n) is 10.6. The lowest BCUT2D eigenvalue weighted by Crippen LogP contribution is -2.51. The highest BCUT2D eigenvalue weighted by Gasteiger charge is 2.23. The van der Waals surface area contributed by atoms with E-state index in [0.29, 0.717) is 6.42 Å². The molecule has 0 aliphatic heterocycles. The molecule has 0 aliphatic carbocycles. The van der Waals surface area contributed by atoms with E-state index in [9.17, 15) is 9.59 Å². The van der Waals surface area contributed by atoms with Gasteiger partial charge in [-0.1, -0.05) is 27.7 Å². The van der Waals surface area contributed by atoms with E-state index in [2.05, 4.69) is 10.6 Å². The van der Waals surface area contributed by atoms with Gasteiger partial charge < -0.3 is 15.7 Å². The topological polar surface area (TPSA) is 78.4 Å². The fourth-order valence-corrected chi connectivity index (χ4v) is 0.951. The van der Waals surface area contributed by atoms with E-state index in [1.54, 1.807) is 6.92 Å². The lowest BCUT2D eigenvalue weighted by atomic mass is 9.88. The molecule has 0 fully saturated rings. The van der Waals surface area contributed by atoms with Crippen molar-refractivity contribution in [2.45, 2.75) is 53.1 Å². The summed E-state index contributed by atoms with van der Waals surface area (Å²) in [6, 6.07) is -1.29. The van der Waals surface area contributed by atoms with Crippen LogP contribution in [0.5, 0.6) is 0 Å². The van der Waals surface area contributed by atoms with E-state index in [0.717, 1.165) is 0 Å². The Labute approximate surface area is 96.6 Å². The van der Waals surface area contributed by atoms with Crippen LogP contribution >= 0.6 is 0 Å². The van der Waals surface area contributed by atoms with Gasteiger partial charge in [0, 0.05) is 6.04 Å². The van der Waals surface area contributed by atoms with Crippen molar-refractivity contribution in [3.8, 4) is 0 Å². The van der Waals surface area contributed by atoms with Crippen LogP contribution in [0.1, 0.15) is 41.0 Å². The van der Waals surface area contributed by atoms with Crippen molar-refractivity contribution in [2.75, 3.05) is 0 Å². The van der Waals surface area contributed by atoms with Crippen LogP contribution in [0.25, 0.3) is 0 Å². The zero-order valence-corrected chi connectivity index (χ0v) is 10.6. The summed E-state index contributed by atoms with van der Waals surface area (Å²) >= 11 is 0. The van der Waals surface area contributed by atoms with Gasteiger partial charge in [-0.15, -0.1) is 0 Å². The number of carboxylic acid groups (broad SMARTS) is 1. The van der Waals surface area contributed by atoms with Crippen molar-refractivity contribution < 1.29 is 14.7 Å². The lowest BCUT2D eigenvalue weighted by Gasteiger charge is -2.28. The normalized spacial score (nSPS) is 15.1. The Hall–Kier alpha value is -1.26. The number of amides is 2. The smallest absolute Gasteiger partial charge is 0.326 e. The first kappa shape index (κ1) is 14.7. The minimum Gasteiger partial charge on any atom is -0.480 e. The van der Waals surface area contributed by atoms with Gasteiger partial charge in [0.15, 0.2) is 0 Å². The fraction of sp³-hybridized carbons (Fsp3) is 0.818. The van der Waals surface area contributed by atoms with E-state index < -0.39 is 18.0 Å². The molecule has 0 saturated heterocycles. The van der Waals surface area contributed by atoms with Crippen molar-refractivity contribution in [1.29, 1.82) is 0 Å². The largest absolute Gasteiger partial charge is 0.480 e. The van der Waals surface area contributed by atoms with E-state index in [-0.39, 0.29) is 11.5 Å². The highest BCUT2D eigenvalue weighted by molar-refractivity contribution is 5.82. The molecular weight excluding hydrogens is 208 g/mol. The molecule has 0 heterocycles. The van der Waals surface area contributed by atoms with Crippen LogP contribution < -0.4 is 10.6 Å². The third-order valence-corrected chi connectivity index (χ3v) is 2.66. The lowest BCUT2D eigenvalue weighted by molar-refractivity contribution is -0.139. The number of urea groups is 1. The average molecular weight is 230 g/mol. The van der Waals surface area contributed by atoms with E-state index in [1.165, 1.54) is 0 Å². The first-order valence-corrected chi connectivity index (χ1v) is 5.48. The Bertz CT molecular complexity index is 258. The number of carbonyl (C=O) groups is 2. The number of hydrogen-bond acceptors (Lipinski definition) is 2. The molecule has 5 heteroatoms. The molecule has 5 nitrogen and oxygen atoms in total. The van der Waals surface area contributed by atoms with Crippen molar-refractivity contribution in [1.82, 2.24) is 10.6 Å². The van der Waals surface area contributed by atoms with Gasteiger partial charge in [0.05, 0.1) is 0 Å². The molecule has 0 spiro atoms. The number of carboxylic acids is 1. The minimum absolute atomic E-state index is 0.0289. The molecule has 2 amide bonds. The van der Waals surface area contributed by atoms with Crippen LogP contribution in [-0.2, 0) is 4.79 Å². The summed E-state index contributed by atoms with van der Waals surface area (Å²) in [6.07, 6.45) is 0.368. The molecule has 2 unspecified atom stereocenters.